The van der Waals surface area contributed by atoms with Crippen LogP contribution in [0.5, 0.6) is 0 Å². The molecule has 0 rings (SSSR count). The molecule has 2 atom stereocenters. The maximum atomic E-state index is 12.9. The highest BCUT2D eigenvalue weighted by atomic mass is 31.2. The van der Waals surface area contributed by atoms with E-state index in [4.69, 9.17) is 18.9 Å². The van der Waals surface area contributed by atoms with Gasteiger partial charge < -0.3 is 29.1 Å². The second-order valence-electron chi connectivity index (χ2n) is 16.1. The topological polar surface area (TPSA) is 168 Å². The average Bonchev–Trinajstić information content (AvgIpc) is 3.17. The highest BCUT2D eigenvalue weighted by Gasteiger charge is 2.22. The first-order valence-electron chi connectivity index (χ1n) is 23.4. The zero-order valence-corrected chi connectivity index (χ0v) is 37.4. The molecular formula is C45H85NO10P-. The minimum absolute atomic E-state index is 0.108. The lowest BCUT2D eigenvalue weighted by atomic mass is 10.0. The fourth-order valence-electron chi connectivity index (χ4n) is 6.94. The molecule has 0 heterocycles. The minimum atomic E-state index is -4.83. The Bertz CT molecular complexity index is 978. The summed E-state index contributed by atoms with van der Waals surface area (Å²) in [6, 6.07) is 0. The van der Waals surface area contributed by atoms with Crippen molar-refractivity contribution >= 4 is 31.5 Å². The average molecular weight is 831 g/mol. The number of carboxylic acids is 1. The molecule has 0 aliphatic carbocycles. The Morgan fingerprint density at radius 3 is 1.33 bits per heavy atom. The van der Waals surface area contributed by atoms with E-state index in [2.05, 4.69) is 19.2 Å². The number of nitrogens with one attached hydrogen (secondary N) is 1. The zero-order chi connectivity index (χ0) is 42.1. The molecule has 0 aliphatic rings. The Balaban J connectivity index is 4.46. The van der Waals surface area contributed by atoms with E-state index in [9.17, 15) is 28.6 Å². The van der Waals surface area contributed by atoms with E-state index in [1.807, 2.05) is 0 Å². The number of carbonyl (C=O) groups is 4. The van der Waals surface area contributed by atoms with Gasteiger partial charge in [0.05, 0.1) is 19.6 Å². The van der Waals surface area contributed by atoms with Gasteiger partial charge in [-0.1, -0.05) is 194 Å². The van der Waals surface area contributed by atoms with E-state index in [0.29, 0.717) is 12.8 Å². The monoisotopic (exact) mass is 831 g/mol. The molecule has 1 amide bonds. The highest BCUT2D eigenvalue weighted by Crippen LogP contribution is 2.38. The fraction of sp³-hybridized carbons (Fsp3) is 0.911. The van der Waals surface area contributed by atoms with Crippen LogP contribution < -0.4 is 10.2 Å². The molecule has 12 heteroatoms. The SMILES string of the molecule is CCCCCCCCCCCCCCCCCC(=O)CC(COP(=O)([O-])OCCNC(=O)CCC(=O)O)OC(=O)CCCCCCCCCCCCCCCCC. The van der Waals surface area contributed by atoms with Crippen LogP contribution in [0.3, 0.4) is 0 Å². The maximum Gasteiger partial charge on any atom is 0.306 e. The summed E-state index contributed by atoms with van der Waals surface area (Å²) in [5.74, 6) is -2.25. The standard InChI is InChI=1S/C45H86NO10P/c1-3-5-7-9-11-13-15-17-19-21-23-25-27-29-31-33-41(47)39-42(40-55-57(52,53)54-38-37-46-43(48)35-36-44(49)50)56-45(51)34-32-30-28-26-24-22-20-18-16-14-12-10-8-6-4-2/h42H,3-40H2,1-2H3,(H,46,48)(H,49,50)(H,52,53)/p-1. The number of hydrogen-bond donors (Lipinski definition) is 2. The maximum absolute atomic E-state index is 12.9. The molecule has 0 bridgehead atoms. The number of amides is 1. The molecule has 0 aromatic rings. The Morgan fingerprint density at radius 1 is 0.544 bits per heavy atom. The van der Waals surface area contributed by atoms with Gasteiger partial charge in [-0.05, 0) is 12.8 Å². The first kappa shape index (κ1) is 55.2. The third-order valence-electron chi connectivity index (χ3n) is 10.5. The summed E-state index contributed by atoms with van der Waals surface area (Å²) >= 11 is 0. The molecule has 0 spiro atoms. The number of rotatable bonds is 45. The number of phosphoric acid groups is 1. The zero-order valence-electron chi connectivity index (χ0n) is 36.5. The first-order valence-corrected chi connectivity index (χ1v) is 24.9. The van der Waals surface area contributed by atoms with Crippen LogP contribution in [-0.2, 0) is 37.5 Å². The first-order chi connectivity index (χ1) is 27.6. The summed E-state index contributed by atoms with van der Waals surface area (Å²) in [5, 5.41) is 11.1. The number of phosphoric ester groups is 1. The molecule has 336 valence electrons. The van der Waals surface area contributed by atoms with Crippen molar-refractivity contribution in [3.05, 3.63) is 0 Å². The lowest BCUT2D eigenvalue weighted by Crippen LogP contribution is -2.29. The molecule has 0 saturated heterocycles. The summed E-state index contributed by atoms with van der Waals surface area (Å²) in [7, 11) is -4.83. The van der Waals surface area contributed by atoms with Gasteiger partial charge in [0, 0.05) is 32.2 Å². The summed E-state index contributed by atoms with van der Waals surface area (Å²) in [6.07, 6.45) is 35.5. The number of aliphatic carboxylic acids is 1. The lowest BCUT2D eigenvalue weighted by Gasteiger charge is -2.25. The number of carbonyl (C=O) groups excluding carboxylic acids is 3. The summed E-state index contributed by atoms with van der Waals surface area (Å²) < 4.78 is 27.8. The second kappa shape index (κ2) is 40.9. The molecule has 2 N–H and O–H groups in total. The van der Waals surface area contributed by atoms with Gasteiger partial charge in [-0.2, -0.15) is 0 Å². The van der Waals surface area contributed by atoms with E-state index >= 15 is 0 Å². The number of ketones is 1. The van der Waals surface area contributed by atoms with Crippen LogP contribution in [-0.4, -0.2) is 54.6 Å². The molecular weight excluding hydrogens is 745 g/mol. The minimum Gasteiger partial charge on any atom is -0.756 e. The van der Waals surface area contributed by atoms with Crippen molar-refractivity contribution in [3.8, 4) is 0 Å². The number of unbranched alkanes of at least 4 members (excludes halogenated alkanes) is 28. The van der Waals surface area contributed by atoms with E-state index in [1.54, 1.807) is 0 Å². The van der Waals surface area contributed by atoms with Crippen LogP contribution in [0, 0.1) is 0 Å². The van der Waals surface area contributed by atoms with E-state index in [1.165, 1.54) is 141 Å². The molecule has 0 fully saturated rings. The smallest absolute Gasteiger partial charge is 0.306 e. The third kappa shape index (κ3) is 42.1. The van der Waals surface area contributed by atoms with Crippen LogP contribution in [0.2, 0.25) is 0 Å². The largest absolute Gasteiger partial charge is 0.756 e. The number of ether oxygens (including phenoxy) is 1. The molecule has 0 radical (unpaired) electrons. The Morgan fingerprint density at radius 2 is 0.930 bits per heavy atom. The van der Waals surface area contributed by atoms with E-state index < -0.39 is 45.0 Å². The predicted molar refractivity (Wildman–Crippen MR) is 228 cm³/mol. The van der Waals surface area contributed by atoms with Gasteiger partial charge in [-0.15, -0.1) is 0 Å². The van der Waals surface area contributed by atoms with Crippen LogP contribution in [0.25, 0.3) is 0 Å². The predicted octanol–water partition coefficient (Wildman–Crippen LogP) is 11.9. The van der Waals surface area contributed by atoms with Crippen molar-refractivity contribution in [3.63, 3.8) is 0 Å². The Kier molecular flexibility index (Phi) is 39.6. The number of Topliss-reactive ketones (excluding diaryl/α,β-unsaturated/α-hetero) is 1. The van der Waals surface area contributed by atoms with Gasteiger partial charge >= 0.3 is 11.9 Å². The Hall–Kier alpha value is -1.81. The van der Waals surface area contributed by atoms with Crippen molar-refractivity contribution in [1.82, 2.24) is 5.32 Å². The molecule has 57 heavy (non-hydrogen) atoms. The number of carboxylic acid groups (broad SMARTS) is 1. The van der Waals surface area contributed by atoms with Crippen LogP contribution in [0.4, 0.5) is 0 Å². The lowest BCUT2D eigenvalue weighted by molar-refractivity contribution is -0.228. The van der Waals surface area contributed by atoms with Gasteiger partial charge in [0.15, 0.2) is 0 Å². The summed E-state index contributed by atoms with van der Waals surface area (Å²) in [6.45, 7) is 3.38. The van der Waals surface area contributed by atoms with Crippen molar-refractivity contribution in [2.24, 2.45) is 0 Å². The van der Waals surface area contributed by atoms with Crippen molar-refractivity contribution < 1.29 is 47.5 Å². The quantitative estimate of drug-likeness (QED) is 0.0342. The van der Waals surface area contributed by atoms with Gasteiger partial charge in [0.2, 0.25) is 5.91 Å². The van der Waals surface area contributed by atoms with Crippen LogP contribution in [0.15, 0.2) is 0 Å². The van der Waals surface area contributed by atoms with E-state index in [0.717, 1.165) is 44.9 Å². The number of hydrogen-bond acceptors (Lipinski definition) is 9. The van der Waals surface area contributed by atoms with E-state index in [-0.39, 0.29) is 38.0 Å². The van der Waals surface area contributed by atoms with Gasteiger partial charge in [0.25, 0.3) is 7.82 Å². The van der Waals surface area contributed by atoms with Gasteiger partial charge in [-0.3, -0.25) is 23.7 Å². The van der Waals surface area contributed by atoms with Gasteiger partial charge in [-0.25, -0.2) is 0 Å². The normalized spacial score (nSPS) is 13.0. The molecule has 11 nitrogen and oxygen atoms in total. The highest BCUT2D eigenvalue weighted by molar-refractivity contribution is 7.45. The fourth-order valence-corrected chi connectivity index (χ4v) is 7.68. The molecule has 0 saturated carbocycles. The van der Waals surface area contributed by atoms with Crippen molar-refractivity contribution in [1.29, 1.82) is 0 Å². The van der Waals surface area contributed by atoms with Crippen LogP contribution in [0.1, 0.15) is 239 Å². The Labute approximate surface area is 347 Å². The molecule has 0 aromatic carbocycles. The van der Waals surface area contributed by atoms with Crippen LogP contribution >= 0.6 is 7.82 Å². The van der Waals surface area contributed by atoms with Crippen molar-refractivity contribution in [2.75, 3.05) is 19.8 Å². The summed E-state index contributed by atoms with van der Waals surface area (Å²) in [4.78, 5) is 60.2. The van der Waals surface area contributed by atoms with Gasteiger partial charge in [0.1, 0.15) is 11.9 Å². The van der Waals surface area contributed by atoms with Crippen molar-refractivity contribution in [2.45, 2.75) is 245 Å². The third-order valence-corrected chi connectivity index (χ3v) is 11.4. The second-order valence-corrected chi connectivity index (χ2v) is 17.5. The molecule has 0 aromatic heterocycles. The number of esters is 1. The summed E-state index contributed by atoms with van der Waals surface area (Å²) in [5.41, 5.74) is 0. The molecule has 2 unspecified atom stereocenters. The molecule has 0 aliphatic heterocycles.